The predicted octanol–water partition coefficient (Wildman–Crippen LogP) is 0.273. The quantitative estimate of drug-likeness (QED) is 0.303. The number of rotatable bonds is 5. The average Bonchev–Trinajstić information content (AvgIpc) is 1.96. The molecule has 0 saturated carbocycles. The Kier molecular flexibility index (Phi) is 4.43. The van der Waals surface area contributed by atoms with Crippen LogP contribution >= 0.6 is 0 Å². The summed E-state index contributed by atoms with van der Waals surface area (Å²) < 4.78 is 36.5. The summed E-state index contributed by atoms with van der Waals surface area (Å²) in [7, 11) is -4.69. The lowest BCUT2D eigenvalue weighted by Crippen LogP contribution is -2.13. The maximum Gasteiger partial charge on any atom is 0.446 e. The number of ether oxygens (including phenoxy) is 1. The van der Waals surface area contributed by atoms with E-state index in [1.807, 2.05) is 0 Å². The fourth-order valence-corrected chi connectivity index (χ4v) is 0.759. The Labute approximate surface area is 76.1 Å². The molecule has 1 N–H and O–H groups in total. The van der Waals surface area contributed by atoms with Gasteiger partial charge < -0.3 is 8.92 Å². The van der Waals surface area contributed by atoms with Gasteiger partial charge in [-0.1, -0.05) is 6.92 Å². The molecule has 0 radical (unpaired) electrons. The van der Waals surface area contributed by atoms with E-state index in [0.29, 0.717) is 6.42 Å². The molecule has 0 aromatic carbocycles. The Balaban J connectivity index is 4.06. The summed E-state index contributed by atoms with van der Waals surface area (Å²) >= 11 is 0. The second-order valence-corrected chi connectivity index (χ2v) is 3.09. The first-order valence-corrected chi connectivity index (χ1v) is 4.76. The highest BCUT2D eigenvalue weighted by Crippen LogP contribution is 2.01. The van der Waals surface area contributed by atoms with E-state index >= 15 is 0 Å². The van der Waals surface area contributed by atoms with Crippen LogP contribution in [-0.2, 0) is 24.1 Å². The van der Waals surface area contributed by atoms with Crippen LogP contribution < -0.4 is 0 Å². The van der Waals surface area contributed by atoms with Gasteiger partial charge in [0.2, 0.25) is 5.76 Å². The number of carbonyl (C=O) groups is 1. The molecule has 0 heterocycles. The smallest absolute Gasteiger partial charge is 0.446 e. The van der Waals surface area contributed by atoms with Crippen molar-refractivity contribution in [2.45, 2.75) is 13.3 Å². The Morgan fingerprint density at radius 2 is 2.08 bits per heavy atom. The van der Waals surface area contributed by atoms with Gasteiger partial charge in [-0.15, -0.1) is 0 Å². The molecule has 0 spiro atoms. The van der Waals surface area contributed by atoms with Gasteiger partial charge in [-0.25, -0.2) is 4.79 Å². The SMILES string of the molecule is C=C(OS(=O)(=O)O)C(=O)OCCC. The van der Waals surface area contributed by atoms with Crippen molar-refractivity contribution in [2.24, 2.45) is 0 Å². The highest BCUT2D eigenvalue weighted by atomic mass is 32.3. The van der Waals surface area contributed by atoms with Crippen molar-refractivity contribution in [2.75, 3.05) is 6.61 Å². The van der Waals surface area contributed by atoms with E-state index in [1.54, 1.807) is 6.92 Å². The van der Waals surface area contributed by atoms with Gasteiger partial charge in [0.15, 0.2) is 0 Å². The molecule has 0 aromatic rings. The molecule has 0 unspecified atom stereocenters. The van der Waals surface area contributed by atoms with Gasteiger partial charge in [-0.05, 0) is 13.0 Å². The Morgan fingerprint density at radius 3 is 2.46 bits per heavy atom. The lowest BCUT2D eigenvalue weighted by atomic mass is 10.5. The highest BCUT2D eigenvalue weighted by Gasteiger charge is 2.16. The van der Waals surface area contributed by atoms with E-state index in [4.69, 9.17) is 4.55 Å². The van der Waals surface area contributed by atoms with Crippen molar-refractivity contribution in [3.8, 4) is 0 Å². The first kappa shape index (κ1) is 11.9. The zero-order valence-corrected chi connectivity index (χ0v) is 7.83. The molecule has 13 heavy (non-hydrogen) atoms. The molecular formula is C6H10O6S. The minimum atomic E-state index is -4.69. The van der Waals surface area contributed by atoms with Crippen LogP contribution in [0.1, 0.15) is 13.3 Å². The monoisotopic (exact) mass is 210 g/mol. The molecule has 0 amide bonds. The Morgan fingerprint density at radius 1 is 1.54 bits per heavy atom. The summed E-state index contributed by atoms with van der Waals surface area (Å²) in [6, 6.07) is 0. The standard InChI is InChI=1S/C6H10O6S/c1-3-4-11-6(7)5(2)12-13(8,9)10/h2-4H2,1H3,(H,8,9,10). The third-order valence-electron chi connectivity index (χ3n) is 0.871. The van der Waals surface area contributed by atoms with Crippen LogP contribution in [0.3, 0.4) is 0 Å². The molecule has 0 aromatic heterocycles. The zero-order valence-electron chi connectivity index (χ0n) is 7.02. The van der Waals surface area contributed by atoms with Gasteiger partial charge in [-0.2, -0.15) is 8.42 Å². The first-order chi connectivity index (χ1) is 5.87. The third kappa shape index (κ3) is 6.12. The molecular weight excluding hydrogens is 200 g/mol. The van der Waals surface area contributed by atoms with E-state index < -0.39 is 22.1 Å². The van der Waals surface area contributed by atoms with E-state index in [2.05, 4.69) is 15.5 Å². The van der Waals surface area contributed by atoms with Crippen LogP contribution in [0.5, 0.6) is 0 Å². The van der Waals surface area contributed by atoms with E-state index in [9.17, 15) is 13.2 Å². The minimum absolute atomic E-state index is 0.132. The summed E-state index contributed by atoms with van der Waals surface area (Å²) in [6.45, 7) is 4.85. The van der Waals surface area contributed by atoms with Crippen LogP contribution in [0.25, 0.3) is 0 Å². The number of carbonyl (C=O) groups excluding carboxylic acids is 1. The molecule has 0 saturated heterocycles. The van der Waals surface area contributed by atoms with Crippen LogP contribution in [0.4, 0.5) is 0 Å². The van der Waals surface area contributed by atoms with E-state index in [1.165, 1.54) is 0 Å². The molecule has 6 nitrogen and oxygen atoms in total. The Hall–Kier alpha value is -1.08. The predicted molar refractivity (Wildman–Crippen MR) is 43.0 cm³/mol. The molecule has 0 bridgehead atoms. The third-order valence-corrected chi connectivity index (χ3v) is 1.28. The van der Waals surface area contributed by atoms with Gasteiger partial charge in [-0.3, -0.25) is 4.55 Å². The van der Waals surface area contributed by atoms with Crippen LogP contribution in [0, 0.1) is 0 Å². The largest absolute Gasteiger partial charge is 0.460 e. The number of hydrogen-bond donors (Lipinski definition) is 1. The molecule has 7 heteroatoms. The van der Waals surface area contributed by atoms with E-state index in [0.717, 1.165) is 0 Å². The maximum absolute atomic E-state index is 10.8. The summed E-state index contributed by atoms with van der Waals surface area (Å²) in [5.74, 6) is -1.78. The van der Waals surface area contributed by atoms with Crippen molar-refractivity contribution in [3.05, 3.63) is 12.3 Å². The molecule has 0 aliphatic rings. The van der Waals surface area contributed by atoms with Crippen LogP contribution in [0.2, 0.25) is 0 Å². The number of esters is 1. The Bertz CT molecular complexity index is 290. The minimum Gasteiger partial charge on any atom is -0.460 e. The van der Waals surface area contributed by atoms with Gasteiger partial charge in [0.25, 0.3) is 0 Å². The topological polar surface area (TPSA) is 89.9 Å². The highest BCUT2D eigenvalue weighted by molar-refractivity contribution is 7.81. The first-order valence-electron chi connectivity index (χ1n) is 3.39. The van der Waals surface area contributed by atoms with Crippen molar-refractivity contribution >= 4 is 16.4 Å². The molecule has 0 aliphatic carbocycles. The van der Waals surface area contributed by atoms with Crippen molar-refractivity contribution in [1.29, 1.82) is 0 Å². The van der Waals surface area contributed by atoms with Crippen LogP contribution in [-0.4, -0.2) is 25.5 Å². The fraction of sp³-hybridized carbons (Fsp3) is 0.500. The molecule has 0 atom stereocenters. The van der Waals surface area contributed by atoms with Gasteiger partial charge >= 0.3 is 16.4 Å². The fourth-order valence-electron chi connectivity index (χ4n) is 0.436. The summed E-state index contributed by atoms with van der Waals surface area (Å²) in [6.07, 6.45) is 0.588. The van der Waals surface area contributed by atoms with Gasteiger partial charge in [0.1, 0.15) is 0 Å². The second kappa shape index (κ2) is 4.83. The van der Waals surface area contributed by atoms with E-state index in [-0.39, 0.29) is 6.61 Å². The lowest BCUT2D eigenvalue weighted by molar-refractivity contribution is -0.141. The second-order valence-electron chi connectivity index (χ2n) is 2.07. The number of hydrogen-bond acceptors (Lipinski definition) is 5. The molecule has 0 aliphatic heterocycles. The van der Waals surface area contributed by atoms with Crippen molar-refractivity contribution < 1.29 is 26.7 Å². The summed E-state index contributed by atoms with van der Waals surface area (Å²) in [4.78, 5) is 10.8. The summed E-state index contributed by atoms with van der Waals surface area (Å²) in [5.41, 5.74) is 0. The lowest BCUT2D eigenvalue weighted by Gasteiger charge is -2.04. The normalized spacial score (nSPS) is 10.6. The average molecular weight is 210 g/mol. The summed E-state index contributed by atoms with van der Waals surface area (Å²) in [5, 5.41) is 0. The van der Waals surface area contributed by atoms with Crippen molar-refractivity contribution in [1.82, 2.24) is 0 Å². The maximum atomic E-state index is 10.8. The van der Waals surface area contributed by atoms with Gasteiger partial charge in [0, 0.05) is 0 Å². The molecule has 0 rings (SSSR count). The molecule has 76 valence electrons. The van der Waals surface area contributed by atoms with Gasteiger partial charge in [0.05, 0.1) is 6.61 Å². The van der Waals surface area contributed by atoms with Crippen molar-refractivity contribution in [3.63, 3.8) is 0 Å². The molecule has 0 fully saturated rings. The van der Waals surface area contributed by atoms with Crippen LogP contribution in [0.15, 0.2) is 12.3 Å². The zero-order chi connectivity index (χ0) is 10.5.